The molecule has 0 aliphatic heterocycles. The fourth-order valence-electron chi connectivity index (χ4n) is 1.69. The van der Waals surface area contributed by atoms with Crippen molar-refractivity contribution in [2.24, 2.45) is 0 Å². The predicted octanol–water partition coefficient (Wildman–Crippen LogP) is 3.95. The molecule has 0 saturated carbocycles. The molecule has 86 valence electrons. The van der Waals surface area contributed by atoms with Crippen LogP contribution < -0.4 is 5.73 Å². The molecule has 0 aliphatic rings. The van der Waals surface area contributed by atoms with Gasteiger partial charge >= 0.3 is 0 Å². The van der Waals surface area contributed by atoms with Crippen LogP contribution in [0, 0.1) is 0 Å². The van der Waals surface area contributed by atoms with E-state index in [1.807, 2.05) is 21.9 Å². The van der Waals surface area contributed by atoms with Gasteiger partial charge < -0.3 is 5.73 Å². The number of anilines is 1. The second-order valence-electron chi connectivity index (χ2n) is 3.55. The minimum absolute atomic E-state index is 0.530. The Morgan fingerprint density at radius 3 is 2.82 bits per heavy atom. The molecule has 6 heteroatoms. The third-order valence-corrected chi connectivity index (χ3v) is 4.07. The molecule has 2 N–H and O–H groups in total. The Balaban J connectivity index is 2.26. The second-order valence-corrected chi connectivity index (χ2v) is 5.20. The summed E-state index contributed by atoms with van der Waals surface area (Å²) >= 11 is 13.4. The van der Waals surface area contributed by atoms with Crippen molar-refractivity contribution >= 4 is 45.3 Å². The standard InChI is InChI=1S/C11H7Cl2N3S/c12-7-2-1-6(3-8(7)13)9-5-17-11-15-4-10(14)16(9)11/h1-5H,14H2. The van der Waals surface area contributed by atoms with Gasteiger partial charge in [0.25, 0.3) is 0 Å². The first-order valence-corrected chi connectivity index (χ1v) is 6.46. The van der Waals surface area contributed by atoms with Gasteiger partial charge in [0.2, 0.25) is 0 Å². The number of benzene rings is 1. The minimum Gasteiger partial charge on any atom is -0.383 e. The lowest BCUT2D eigenvalue weighted by Crippen LogP contribution is -1.92. The zero-order valence-corrected chi connectivity index (χ0v) is 10.9. The third-order valence-electron chi connectivity index (χ3n) is 2.49. The summed E-state index contributed by atoms with van der Waals surface area (Å²) in [6, 6.07) is 5.51. The lowest BCUT2D eigenvalue weighted by Gasteiger charge is -2.03. The van der Waals surface area contributed by atoms with E-state index in [4.69, 9.17) is 28.9 Å². The van der Waals surface area contributed by atoms with E-state index in [1.54, 1.807) is 12.3 Å². The molecule has 1 aromatic carbocycles. The lowest BCUT2D eigenvalue weighted by atomic mass is 10.2. The van der Waals surface area contributed by atoms with E-state index in [9.17, 15) is 0 Å². The average Bonchev–Trinajstić information content (AvgIpc) is 2.86. The van der Waals surface area contributed by atoms with E-state index in [0.717, 1.165) is 16.2 Å². The van der Waals surface area contributed by atoms with Crippen molar-refractivity contribution in [3.05, 3.63) is 39.8 Å². The van der Waals surface area contributed by atoms with Gasteiger partial charge in [-0.05, 0) is 12.1 Å². The van der Waals surface area contributed by atoms with Crippen molar-refractivity contribution in [1.29, 1.82) is 0 Å². The summed E-state index contributed by atoms with van der Waals surface area (Å²) < 4.78 is 1.89. The molecule has 0 atom stereocenters. The van der Waals surface area contributed by atoms with Gasteiger partial charge in [0.15, 0.2) is 4.96 Å². The highest BCUT2D eigenvalue weighted by atomic mass is 35.5. The summed E-state index contributed by atoms with van der Waals surface area (Å²) in [6.07, 6.45) is 1.65. The number of hydrogen-bond acceptors (Lipinski definition) is 3. The van der Waals surface area contributed by atoms with E-state index in [-0.39, 0.29) is 0 Å². The summed E-state index contributed by atoms with van der Waals surface area (Å²) in [6.45, 7) is 0. The maximum absolute atomic E-state index is 6.01. The van der Waals surface area contributed by atoms with Gasteiger partial charge in [-0.2, -0.15) is 0 Å². The van der Waals surface area contributed by atoms with E-state index in [2.05, 4.69) is 4.98 Å². The Morgan fingerprint density at radius 1 is 1.24 bits per heavy atom. The zero-order chi connectivity index (χ0) is 12.0. The molecule has 3 rings (SSSR count). The van der Waals surface area contributed by atoms with Crippen LogP contribution in [0.3, 0.4) is 0 Å². The largest absolute Gasteiger partial charge is 0.383 e. The number of nitrogens with zero attached hydrogens (tertiary/aromatic N) is 2. The predicted molar refractivity (Wildman–Crippen MR) is 72.9 cm³/mol. The van der Waals surface area contributed by atoms with Crippen LogP contribution in [0.25, 0.3) is 16.2 Å². The summed E-state index contributed by atoms with van der Waals surface area (Å²) in [4.78, 5) is 5.07. The molecule has 0 unspecified atom stereocenters. The number of rotatable bonds is 1. The maximum atomic E-state index is 6.01. The number of nitrogens with two attached hydrogens (primary N) is 1. The molecule has 2 heterocycles. The molecule has 0 spiro atoms. The van der Waals surface area contributed by atoms with E-state index in [1.165, 1.54) is 11.3 Å². The highest BCUT2D eigenvalue weighted by Crippen LogP contribution is 2.32. The third kappa shape index (κ3) is 1.69. The second kappa shape index (κ2) is 3.91. The van der Waals surface area contributed by atoms with Crippen LogP contribution in [0.5, 0.6) is 0 Å². The molecule has 0 radical (unpaired) electrons. The van der Waals surface area contributed by atoms with Crippen LogP contribution in [0.15, 0.2) is 29.8 Å². The zero-order valence-electron chi connectivity index (χ0n) is 8.52. The summed E-state index contributed by atoms with van der Waals surface area (Å²) in [5.41, 5.74) is 7.81. The smallest absolute Gasteiger partial charge is 0.195 e. The Hall–Kier alpha value is -1.23. The molecule has 0 saturated heterocycles. The molecule has 2 aromatic heterocycles. The number of hydrogen-bond donors (Lipinski definition) is 1. The van der Waals surface area contributed by atoms with Crippen molar-refractivity contribution in [3.8, 4) is 11.3 Å². The van der Waals surface area contributed by atoms with Gasteiger partial charge in [0, 0.05) is 10.9 Å². The minimum atomic E-state index is 0.530. The first-order chi connectivity index (χ1) is 8.16. The Morgan fingerprint density at radius 2 is 2.06 bits per heavy atom. The van der Waals surface area contributed by atoms with Crippen LogP contribution in [-0.2, 0) is 0 Å². The average molecular weight is 284 g/mol. The van der Waals surface area contributed by atoms with Crippen LogP contribution in [0.4, 0.5) is 5.82 Å². The molecule has 0 fully saturated rings. The summed E-state index contributed by atoms with van der Waals surface area (Å²) in [5, 5.41) is 3.07. The molecule has 17 heavy (non-hydrogen) atoms. The van der Waals surface area contributed by atoms with Crippen molar-refractivity contribution in [1.82, 2.24) is 9.38 Å². The molecule has 0 bridgehead atoms. The van der Waals surface area contributed by atoms with Crippen molar-refractivity contribution in [3.63, 3.8) is 0 Å². The SMILES string of the molecule is Nc1cnc2scc(-c3ccc(Cl)c(Cl)c3)n12. The van der Waals surface area contributed by atoms with Crippen molar-refractivity contribution < 1.29 is 0 Å². The summed E-state index contributed by atoms with van der Waals surface area (Å²) in [7, 11) is 0. The molecule has 0 aliphatic carbocycles. The lowest BCUT2D eigenvalue weighted by molar-refractivity contribution is 1.24. The highest BCUT2D eigenvalue weighted by Gasteiger charge is 2.10. The first-order valence-electron chi connectivity index (χ1n) is 4.82. The molecule has 3 nitrogen and oxygen atoms in total. The Kier molecular flexibility index (Phi) is 2.50. The van der Waals surface area contributed by atoms with Gasteiger partial charge in [-0.25, -0.2) is 4.98 Å². The van der Waals surface area contributed by atoms with Crippen LogP contribution in [0.2, 0.25) is 10.0 Å². The monoisotopic (exact) mass is 283 g/mol. The number of thiazole rings is 1. The van der Waals surface area contributed by atoms with Crippen molar-refractivity contribution in [2.75, 3.05) is 5.73 Å². The van der Waals surface area contributed by atoms with Crippen LogP contribution in [-0.4, -0.2) is 9.38 Å². The maximum Gasteiger partial charge on any atom is 0.195 e. The van der Waals surface area contributed by atoms with Gasteiger partial charge in [-0.1, -0.05) is 29.3 Å². The first kappa shape index (κ1) is 10.9. The van der Waals surface area contributed by atoms with Gasteiger partial charge in [0.05, 0.1) is 21.9 Å². The molecule has 0 amide bonds. The highest BCUT2D eigenvalue weighted by molar-refractivity contribution is 7.15. The Bertz CT molecular complexity index is 702. The van der Waals surface area contributed by atoms with Crippen LogP contribution >= 0.6 is 34.5 Å². The Labute approximate surface area is 111 Å². The number of fused-ring (bicyclic) bond motifs is 1. The van der Waals surface area contributed by atoms with Crippen molar-refractivity contribution in [2.45, 2.75) is 0 Å². The van der Waals surface area contributed by atoms with Crippen LogP contribution in [0.1, 0.15) is 0 Å². The number of halogens is 2. The number of nitrogen functional groups attached to an aromatic ring is 1. The topological polar surface area (TPSA) is 43.3 Å². The van der Waals surface area contributed by atoms with E-state index >= 15 is 0 Å². The van der Waals surface area contributed by atoms with Gasteiger partial charge in [0.1, 0.15) is 5.82 Å². The fraction of sp³-hybridized carbons (Fsp3) is 0. The fourth-order valence-corrected chi connectivity index (χ4v) is 2.87. The quantitative estimate of drug-likeness (QED) is 0.735. The van der Waals surface area contributed by atoms with Gasteiger partial charge in [-0.3, -0.25) is 4.40 Å². The number of imidazole rings is 1. The number of aromatic nitrogens is 2. The van der Waals surface area contributed by atoms with E-state index in [0.29, 0.717) is 15.9 Å². The molecule has 3 aromatic rings. The molecular formula is C11H7Cl2N3S. The molecular weight excluding hydrogens is 277 g/mol. The van der Waals surface area contributed by atoms with Gasteiger partial charge in [-0.15, -0.1) is 11.3 Å². The normalized spacial score (nSPS) is 11.2. The summed E-state index contributed by atoms with van der Waals surface area (Å²) in [5.74, 6) is 0.613. The van der Waals surface area contributed by atoms with E-state index < -0.39 is 0 Å².